The van der Waals surface area contributed by atoms with E-state index in [9.17, 15) is 4.79 Å². The van der Waals surface area contributed by atoms with Gasteiger partial charge in [-0.25, -0.2) is 4.98 Å². The highest BCUT2D eigenvalue weighted by molar-refractivity contribution is 5.94. The summed E-state index contributed by atoms with van der Waals surface area (Å²) in [4.78, 5) is 19.2. The van der Waals surface area contributed by atoms with E-state index in [0.29, 0.717) is 35.8 Å². The molecule has 0 bridgehead atoms. The van der Waals surface area contributed by atoms with E-state index < -0.39 is 0 Å². The third-order valence-electron chi connectivity index (χ3n) is 5.01. The Balaban J connectivity index is 1.67. The standard InChI is InChI=1S/C19H23N5O4/c1-4-6-24-16-5-7-23(8-13(16)17(21-24)15-10-27-11-20-15)19(25)18-14(9-26-3)12(2)28-22-18/h10-11H,4-9H2,1-3H3. The number of aryl methyl sites for hydroxylation is 2. The maximum atomic E-state index is 13.1. The summed E-state index contributed by atoms with van der Waals surface area (Å²) in [5.41, 5.74) is 4.61. The molecule has 3 aromatic heterocycles. The van der Waals surface area contributed by atoms with Crippen molar-refractivity contribution in [3.8, 4) is 11.4 Å². The van der Waals surface area contributed by atoms with E-state index in [1.165, 1.54) is 6.39 Å². The van der Waals surface area contributed by atoms with Crippen molar-refractivity contribution in [1.29, 1.82) is 0 Å². The van der Waals surface area contributed by atoms with Crippen LogP contribution < -0.4 is 0 Å². The molecule has 1 aliphatic heterocycles. The van der Waals surface area contributed by atoms with Crippen molar-refractivity contribution >= 4 is 5.91 Å². The average molecular weight is 385 g/mol. The van der Waals surface area contributed by atoms with Gasteiger partial charge in [0, 0.05) is 37.9 Å². The quantitative estimate of drug-likeness (QED) is 0.643. The van der Waals surface area contributed by atoms with Crippen LogP contribution in [0.15, 0.2) is 21.6 Å². The van der Waals surface area contributed by atoms with Gasteiger partial charge >= 0.3 is 0 Å². The second-order valence-corrected chi connectivity index (χ2v) is 6.85. The average Bonchev–Trinajstić information content (AvgIpc) is 3.42. The molecule has 0 atom stereocenters. The van der Waals surface area contributed by atoms with Crippen molar-refractivity contribution in [2.24, 2.45) is 0 Å². The van der Waals surface area contributed by atoms with E-state index in [-0.39, 0.29) is 12.5 Å². The van der Waals surface area contributed by atoms with Crippen LogP contribution in [-0.4, -0.2) is 44.4 Å². The Morgan fingerprint density at radius 3 is 2.96 bits per heavy atom. The molecule has 1 aliphatic rings. The molecule has 0 radical (unpaired) electrons. The molecule has 0 saturated heterocycles. The molecule has 0 aromatic carbocycles. The molecule has 0 unspecified atom stereocenters. The molecular formula is C19H23N5O4. The Kier molecular flexibility index (Phi) is 4.99. The summed E-state index contributed by atoms with van der Waals surface area (Å²) in [7, 11) is 1.58. The minimum atomic E-state index is -0.163. The molecule has 0 spiro atoms. The number of oxazole rings is 1. The molecule has 0 aliphatic carbocycles. The zero-order valence-electron chi connectivity index (χ0n) is 16.3. The minimum Gasteiger partial charge on any atom is -0.451 e. The second kappa shape index (κ2) is 7.59. The number of carbonyl (C=O) groups excluding carboxylic acids is 1. The number of fused-ring (bicyclic) bond motifs is 1. The van der Waals surface area contributed by atoms with Crippen molar-refractivity contribution in [3.05, 3.63) is 40.9 Å². The maximum Gasteiger partial charge on any atom is 0.276 e. The van der Waals surface area contributed by atoms with Crippen LogP contribution in [0.5, 0.6) is 0 Å². The van der Waals surface area contributed by atoms with E-state index in [1.54, 1.807) is 25.2 Å². The molecule has 0 fully saturated rings. The van der Waals surface area contributed by atoms with E-state index in [0.717, 1.165) is 36.3 Å². The summed E-state index contributed by atoms with van der Waals surface area (Å²) < 4.78 is 17.6. The highest BCUT2D eigenvalue weighted by atomic mass is 16.5. The molecule has 0 saturated carbocycles. The summed E-state index contributed by atoms with van der Waals surface area (Å²) in [6, 6.07) is 0. The Labute approximate surface area is 162 Å². The van der Waals surface area contributed by atoms with Crippen LogP contribution in [0.3, 0.4) is 0 Å². The number of amides is 1. The van der Waals surface area contributed by atoms with Gasteiger partial charge in [-0.05, 0) is 13.3 Å². The van der Waals surface area contributed by atoms with E-state index in [2.05, 4.69) is 17.1 Å². The first-order valence-electron chi connectivity index (χ1n) is 9.34. The summed E-state index contributed by atoms with van der Waals surface area (Å²) in [5, 5.41) is 8.72. The van der Waals surface area contributed by atoms with Gasteiger partial charge in [-0.2, -0.15) is 5.10 Å². The van der Waals surface area contributed by atoms with Crippen molar-refractivity contribution in [3.63, 3.8) is 0 Å². The van der Waals surface area contributed by atoms with Crippen LogP contribution in [0.1, 0.15) is 46.4 Å². The number of aromatic nitrogens is 4. The SMILES string of the molecule is CCCn1nc(-c2cocn2)c2c1CCN(C(=O)c1noc(C)c1COC)C2. The molecule has 9 heteroatoms. The largest absolute Gasteiger partial charge is 0.451 e. The fourth-order valence-electron chi connectivity index (χ4n) is 3.62. The lowest BCUT2D eigenvalue weighted by molar-refractivity contribution is 0.0718. The van der Waals surface area contributed by atoms with Gasteiger partial charge in [0.15, 0.2) is 12.1 Å². The smallest absolute Gasteiger partial charge is 0.276 e. The molecular weight excluding hydrogens is 362 g/mol. The number of hydrogen-bond donors (Lipinski definition) is 0. The van der Waals surface area contributed by atoms with Crippen LogP contribution in [0.4, 0.5) is 0 Å². The van der Waals surface area contributed by atoms with Crippen LogP contribution in [0, 0.1) is 6.92 Å². The summed E-state index contributed by atoms with van der Waals surface area (Å²) in [6.07, 6.45) is 4.68. The van der Waals surface area contributed by atoms with Gasteiger partial charge in [0.2, 0.25) is 0 Å². The molecule has 28 heavy (non-hydrogen) atoms. The first-order chi connectivity index (χ1) is 13.6. The lowest BCUT2D eigenvalue weighted by Gasteiger charge is -2.27. The molecule has 148 valence electrons. The normalized spacial score (nSPS) is 13.8. The molecule has 0 N–H and O–H groups in total. The van der Waals surface area contributed by atoms with Crippen LogP contribution in [-0.2, 0) is 30.9 Å². The van der Waals surface area contributed by atoms with Gasteiger partial charge in [0.1, 0.15) is 23.4 Å². The highest BCUT2D eigenvalue weighted by Gasteiger charge is 2.31. The predicted molar refractivity (Wildman–Crippen MR) is 98.4 cm³/mol. The van der Waals surface area contributed by atoms with Gasteiger partial charge in [-0.15, -0.1) is 0 Å². The van der Waals surface area contributed by atoms with Crippen LogP contribution in [0.2, 0.25) is 0 Å². The Morgan fingerprint density at radius 1 is 1.39 bits per heavy atom. The van der Waals surface area contributed by atoms with Crippen molar-refractivity contribution < 1.29 is 18.5 Å². The van der Waals surface area contributed by atoms with Crippen molar-refractivity contribution in [2.75, 3.05) is 13.7 Å². The molecule has 9 nitrogen and oxygen atoms in total. The number of nitrogens with zero attached hydrogens (tertiary/aromatic N) is 5. The third kappa shape index (κ3) is 3.11. The van der Waals surface area contributed by atoms with E-state index in [1.807, 2.05) is 4.68 Å². The zero-order valence-corrected chi connectivity index (χ0v) is 16.3. The van der Waals surface area contributed by atoms with Crippen LogP contribution >= 0.6 is 0 Å². The first-order valence-corrected chi connectivity index (χ1v) is 9.34. The fraction of sp³-hybridized carbons (Fsp3) is 0.474. The van der Waals surface area contributed by atoms with Gasteiger partial charge in [-0.3, -0.25) is 9.48 Å². The van der Waals surface area contributed by atoms with Crippen molar-refractivity contribution in [1.82, 2.24) is 24.8 Å². The zero-order chi connectivity index (χ0) is 19.7. The van der Waals surface area contributed by atoms with Gasteiger partial charge in [0.25, 0.3) is 5.91 Å². The molecule has 3 aromatic rings. The highest BCUT2D eigenvalue weighted by Crippen LogP contribution is 2.30. The topological polar surface area (TPSA) is 99.4 Å². The fourth-order valence-corrected chi connectivity index (χ4v) is 3.62. The third-order valence-corrected chi connectivity index (χ3v) is 5.01. The van der Waals surface area contributed by atoms with Gasteiger partial charge in [0.05, 0.1) is 18.7 Å². The Bertz CT molecular complexity index is 973. The Hall–Kier alpha value is -2.94. The predicted octanol–water partition coefficient (Wildman–Crippen LogP) is 2.59. The minimum absolute atomic E-state index is 0.163. The lowest BCUT2D eigenvalue weighted by Crippen LogP contribution is -2.37. The van der Waals surface area contributed by atoms with Crippen LogP contribution in [0.25, 0.3) is 11.4 Å². The second-order valence-electron chi connectivity index (χ2n) is 6.85. The van der Waals surface area contributed by atoms with E-state index >= 15 is 0 Å². The number of ether oxygens (including phenoxy) is 1. The number of hydrogen-bond acceptors (Lipinski definition) is 7. The lowest BCUT2D eigenvalue weighted by atomic mass is 10.0. The maximum absolute atomic E-state index is 13.1. The number of methoxy groups -OCH3 is 1. The molecule has 4 heterocycles. The van der Waals surface area contributed by atoms with Crippen molar-refractivity contribution in [2.45, 2.75) is 46.4 Å². The summed E-state index contributed by atoms with van der Waals surface area (Å²) in [6.45, 7) is 6.05. The van der Waals surface area contributed by atoms with E-state index in [4.69, 9.17) is 18.8 Å². The Morgan fingerprint density at radius 2 is 2.25 bits per heavy atom. The van der Waals surface area contributed by atoms with Gasteiger partial charge < -0.3 is 18.6 Å². The number of rotatable bonds is 6. The molecule has 4 rings (SSSR count). The summed E-state index contributed by atoms with van der Waals surface area (Å²) >= 11 is 0. The first kappa shape index (κ1) is 18.4. The van der Waals surface area contributed by atoms with Gasteiger partial charge in [-0.1, -0.05) is 12.1 Å². The summed E-state index contributed by atoms with van der Waals surface area (Å²) in [5.74, 6) is 0.436. The molecule has 1 amide bonds. The monoisotopic (exact) mass is 385 g/mol. The number of carbonyl (C=O) groups is 1.